The molecule has 0 unspecified atom stereocenters. The standard InChI is InChI=1S/C22H26ClN3O2/c1-17-5-2-7-19(13-17)22(28)26-10-4-9-25(11-12-26)16-21(27)24-15-18-6-3-8-20(23)14-18/h2-3,5-8,13-14H,4,9-12,15-16H2,1H3,(H,24,27). The van der Waals surface area contributed by atoms with E-state index >= 15 is 0 Å². The van der Waals surface area contributed by atoms with Crippen LogP contribution in [-0.4, -0.2) is 54.3 Å². The van der Waals surface area contributed by atoms with Crippen LogP contribution in [-0.2, 0) is 11.3 Å². The third-order valence-electron chi connectivity index (χ3n) is 4.89. The number of aryl methyl sites for hydroxylation is 1. The first-order valence-corrected chi connectivity index (χ1v) is 9.98. The van der Waals surface area contributed by atoms with Crippen LogP contribution < -0.4 is 5.32 Å². The fourth-order valence-electron chi connectivity index (χ4n) is 3.40. The Labute approximate surface area is 171 Å². The van der Waals surface area contributed by atoms with E-state index in [1.807, 2.05) is 60.4 Å². The van der Waals surface area contributed by atoms with Crippen molar-refractivity contribution in [1.82, 2.24) is 15.1 Å². The number of rotatable bonds is 5. The van der Waals surface area contributed by atoms with Crippen molar-refractivity contribution in [2.45, 2.75) is 19.9 Å². The molecule has 2 amide bonds. The molecule has 0 spiro atoms. The third-order valence-corrected chi connectivity index (χ3v) is 5.12. The molecule has 148 valence electrons. The average molecular weight is 400 g/mol. The molecule has 3 rings (SSSR count). The lowest BCUT2D eigenvalue weighted by Crippen LogP contribution is -2.39. The molecular formula is C22H26ClN3O2. The van der Waals surface area contributed by atoms with Gasteiger partial charge in [-0.3, -0.25) is 14.5 Å². The van der Waals surface area contributed by atoms with Crippen molar-refractivity contribution in [1.29, 1.82) is 0 Å². The molecule has 2 aromatic carbocycles. The number of nitrogens with zero attached hydrogens (tertiary/aromatic N) is 2. The number of hydrogen-bond acceptors (Lipinski definition) is 3. The van der Waals surface area contributed by atoms with Crippen LogP contribution in [0.3, 0.4) is 0 Å². The van der Waals surface area contributed by atoms with Crippen molar-refractivity contribution >= 4 is 23.4 Å². The minimum absolute atomic E-state index is 0.0153. The maximum Gasteiger partial charge on any atom is 0.253 e. The normalized spacial score (nSPS) is 15.1. The van der Waals surface area contributed by atoms with Gasteiger partial charge in [0.25, 0.3) is 5.91 Å². The van der Waals surface area contributed by atoms with Gasteiger partial charge in [-0.05, 0) is 43.2 Å². The number of benzene rings is 2. The lowest BCUT2D eigenvalue weighted by molar-refractivity contribution is -0.122. The minimum atomic E-state index is -0.0153. The van der Waals surface area contributed by atoms with Crippen molar-refractivity contribution in [2.24, 2.45) is 0 Å². The highest BCUT2D eigenvalue weighted by atomic mass is 35.5. The van der Waals surface area contributed by atoms with Gasteiger partial charge in [0.2, 0.25) is 5.91 Å². The Kier molecular flexibility index (Phi) is 7.06. The van der Waals surface area contributed by atoms with E-state index in [2.05, 4.69) is 10.2 Å². The van der Waals surface area contributed by atoms with Gasteiger partial charge >= 0.3 is 0 Å². The van der Waals surface area contributed by atoms with Crippen molar-refractivity contribution < 1.29 is 9.59 Å². The second-order valence-corrected chi connectivity index (χ2v) is 7.63. The van der Waals surface area contributed by atoms with Crippen LogP contribution in [0.2, 0.25) is 5.02 Å². The van der Waals surface area contributed by atoms with Crippen LogP contribution >= 0.6 is 11.6 Å². The van der Waals surface area contributed by atoms with Crippen LogP contribution in [0.1, 0.15) is 27.9 Å². The predicted octanol–water partition coefficient (Wildman–Crippen LogP) is 3.11. The molecule has 0 aromatic heterocycles. The summed E-state index contributed by atoms with van der Waals surface area (Å²) < 4.78 is 0. The van der Waals surface area contributed by atoms with Gasteiger partial charge < -0.3 is 10.2 Å². The molecule has 2 aromatic rings. The Bertz CT molecular complexity index is 840. The first-order valence-electron chi connectivity index (χ1n) is 9.61. The molecule has 1 saturated heterocycles. The van der Waals surface area contributed by atoms with Crippen LogP contribution in [0.4, 0.5) is 0 Å². The Morgan fingerprint density at radius 3 is 2.64 bits per heavy atom. The molecule has 1 aliphatic rings. The van der Waals surface area contributed by atoms with E-state index in [0.29, 0.717) is 37.7 Å². The van der Waals surface area contributed by atoms with Gasteiger partial charge in [0.15, 0.2) is 0 Å². The average Bonchev–Trinajstić information content (AvgIpc) is 2.91. The summed E-state index contributed by atoms with van der Waals surface area (Å²) in [6.07, 6.45) is 0.860. The first kappa shape index (κ1) is 20.4. The highest BCUT2D eigenvalue weighted by Crippen LogP contribution is 2.12. The molecule has 5 nitrogen and oxygen atoms in total. The maximum absolute atomic E-state index is 12.7. The molecule has 1 aliphatic heterocycles. The van der Waals surface area contributed by atoms with Crippen molar-refractivity contribution in [3.8, 4) is 0 Å². The number of nitrogens with one attached hydrogen (secondary N) is 1. The SMILES string of the molecule is Cc1cccc(C(=O)N2CCCN(CC(=O)NCc3cccc(Cl)c3)CC2)c1. The lowest BCUT2D eigenvalue weighted by Gasteiger charge is -2.22. The second-order valence-electron chi connectivity index (χ2n) is 7.20. The van der Waals surface area contributed by atoms with E-state index in [1.165, 1.54) is 0 Å². The van der Waals surface area contributed by atoms with Crippen LogP contribution in [0, 0.1) is 6.92 Å². The summed E-state index contributed by atoms with van der Waals surface area (Å²) in [7, 11) is 0. The molecule has 28 heavy (non-hydrogen) atoms. The van der Waals surface area contributed by atoms with Gasteiger partial charge in [-0.15, -0.1) is 0 Å². The maximum atomic E-state index is 12.7. The van der Waals surface area contributed by atoms with Gasteiger partial charge in [0, 0.05) is 43.3 Å². The zero-order valence-corrected chi connectivity index (χ0v) is 16.9. The molecule has 1 heterocycles. The summed E-state index contributed by atoms with van der Waals surface area (Å²) in [6.45, 7) is 5.65. The number of carbonyl (C=O) groups is 2. The van der Waals surface area contributed by atoms with Crippen LogP contribution in [0.5, 0.6) is 0 Å². The molecule has 0 radical (unpaired) electrons. The molecular weight excluding hydrogens is 374 g/mol. The van der Waals surface area contributed by atoms with Gasteiger partial charge in [-0.25, -0.2) is 0 Å². The van der Waals surface area contributed by atoms with Gasteiger partial charge in [-0.2, -0.15) is 0 Å². The van der Waals surface area contributed by atoms with E-state index < -0.39 is 0 Å². The van der Waals surface area contributed by atoms with E-state index in [0.717, 1.165) is 29.7 Å². The molecule has 0 aliphatic carbocycles. The highest BCUT2D eigenvalue weighted by Gasteiger charge is 2.21. The number of hydrogen-bond donors (Lipinski definition) is 1. The first-order chi connectivity index (χ1) is 13.5. The van der Waals surface area contributed by atoms with Crippen molar-refractivity contribution in [3.05, 3.63) is 70.2 Å². The van der Waals surface area contributed by atoms with Crippen molar-refractivity contribution in [2.75, 3.05) is 32.7 Å². The summed E-state index contributed by atoms with van der Waals surface area (Å²) in [6, 6.07) is 15.2. The monoisotopic (exact) mass is 399 g/mol. The number of amides is 2. The zero-order valence-electron chi connectivity index (χ0n) is 16.2. The Morgan fingerprint density at radius 1 is 1.04 bits per heavy atom. The molecule has 6 heteroatoms. The molecule has 1 fully saturated rings. The second kappa shape index (κ2) is 9.71. The lowest BCUT2D eigenvalue weighted by atomic mass is 10.1. The number of carbonyl (C=O) groups excluding carboxylic acids is 2. The van der Waals surface area contributed by atoms with Crippen LogP contribution in [0.25, 0.3) is 0 Å². The van der Waals surface area contributed by atoms with Gasteiger partial charge in [-0.1, -0.05) is 41.4 Å². The van der Waals surface area contributed by atoms with Gasteiger partial charge in [0.05, 0.1) is 6.54 Å². The van der Waals surface area contributed by atoms with E-state index in [9.17, 15) is 9.59 Å². The summed E-state index contributed by atoms with van der Waals surface area (Å²) in [5.74, 6) is 0.0504. The third kappa shape index (κ3) is 5.81. The largest absolute Gasteiger partial charge is 0.351 e. The summed E-state index contributed by atoms with van der Waals surface area (Å²) in [5.41, 5.74) is 2.79. The summed E-state index contributed by atoms with van der Waals surface area (Å²) in [5, 5.41) is 3.60. The number of halogens is 1. The Hall–Kier alpha value is -2.37. The molecule has 1 N–H and O–H groups in total. The highest BCUT2D eigenvalue weighted by molar-refractivity contribution is 6.30. The molecule has 0 atom stereocenters. The fraction of sp³-hybridized carbons (Fsp3) is 0.364. The minimum Gasteiger partial charge on any atom is -0.351 e. The Morgan fingerprint density at radius 2 is 1.86 bits per heavy atom. The Balaban J connectivity index is 1.48. The van der Waals surface area contributed by atoms with Gasteiger partial charge in [0.1, 0.15) is 0 Å². The fourth-order valence-corrected chi connectivity index (χ4v) is 3.61. The quantitative estimate of drug-likeness (QED) is 0.840. The van der Waals surface area contributed by atoms with E-state index in [4.69, 9.17) is 11.6 Å². The zero-order chi connectivity index (χ0) is 19.9. The predicted molar refractivity (Wildman–Crippen MR) is 111 cm³/mol. The molecule has 0 bridgehead atoms. The summed E-state index contributed by atoms with van der Waals surface area (Å²) >= 11 is 5.97. The van der Waals surface area contributed by atoms with E-state index in [1.54, 1.807) is 0 Å². The van der Waals surface area contributed by atoms with Crippen LogP contribution in [0.15, 0.2) is 48.5 Å². The smallest absolute Gasteiger partial charge is 0.253 e. The summed E-state index contributed by atoms with van der Waals surface area (Å²) in [4.78, 5) is 29.0. The van der Waals surface area contributed by atoms with E-state index in [-0.39, 0.29) is 11.8 Å². The molecule has 0 saturated carbocycles. The topological polar surface area (TPSA) is 52.7 Å². The van der Waals surface area contributed by atoms with Crippen molar-refractivity contribution in [3.63, 3.8) is 0 Å².